The van der Waals surface area contributed by atoms with Crippen molar-refractivity contribution in [1.29, 1.82) is 0 Å². The van der Waals surface area contributed by atoms with Crippen LogP contribution in [0, 0.1) is 0 Å². The maximum absolute atomic E-state index is 5.20. The molecule has 8 aromatic carbocycles. The molecule has 0 aliphatic rings. The van der Waals surface area contributed by atoms with E-state index in [-0.39, 0.29) is 0 Å². The predicted octanol–water partition coefficient (Wildman–Crippen LogP) is 13.9. The molecule has 0 amide bonds. The van der Waals surface area contributed by atoms with Gasteiger partial charge in [-0.1, -0.05) is 176 Å². The van der Waals surface area contributed by atoms with Crippen molar-refractivity contribution in [2.24, 2.45) is 0 Å². The molecule has 5 heteroatoms. The van der Waals surface area contributed by atoms with E-state index in [2.05, 4.69) is 158 Å². The van der Waals surface area contributed by atoms with Gasteiger partial charge in [-0.2, -0.15) is 0 Å². The highest BCUT2D eigenvalue weighted by Crippen LogP contribution is 2.46. The van der Waals surface area contributed by atoms with E-state index in [9.17, 15) is 0 Å². The smallest absolute Gasteiger partial charge is 0.164 e. The second kappa shape index (κ2) is 13.7. The molecule has 4 nitrogen and oxygen atoms in total. The Morgan fingerprint density at radius 3 is 1.51 bits per heavy atom. The fraction of sp³-hybridized carbons (Fsp3) is 0. The molecular weight excluding hydrogens is 713 g/mol. The molecule has 57 heavy (non-hydrogen) atoms. The van der Waals surface area contributed by atoms with Crippen LogP contribution >= 0.6 is 11.3 Å². The molecule has 3 aromatic heterocycles. The van der Waals surface area contributed by atoms with Gasteiger partial charge in [0.25, 0.3) is 0 Å². The van der Waals surface area contributed by atoms with Gasteiger partial charge in [0.1, 0.15) is 0 Å². The second-order valence-electron chi connectivity index (χ2n) is 14.2. The third-order valence-electron chi connectivity index (χ3n) is 10.7. The number of thiophene rings is 1. The molecule has 0 unspecified atom stereocenters. The van der Waals surface area contributed by atoms with Crippen molar-refractivity contribution in [2.45, 2.75) is 0 Å². The van der Waals surface area contributed by atoms with Gasteiger partial charge in [0.15, 0.2) is 17.5 Å². The number of fused-ring (bicyclic) bond motifs is 7. The molecule has 3 heterocycles. The first-order valence-corrected chi connectivity index (χ1v) is 19.9. The summed E-state index contributed by atoms with van der Waals surface area (Å²) < 4.78 is 2.52. The molecule has 0 spiro atoms. The Bertz CT molecular complexity index is 3290. The Kier molecular flexibility index (Phi) is 7.97. The van der Waals surface area contributed by atoms with Crippen LogP contribution in [-0.2, 0) is 0 Å². The minimum atomic E-state index is 0.632. The van der Waals surface area contributed by atoms with E-state index in [1.807, 2.05) is 47.7 Å². The third-order valence-corrected chi connectivity index (χ3v) is 12.0. The molecular formula is C52H32N4S. The SMILES string of the molecule is c1ccc(-c2cccc(-c3nc(-c4ccccc4)nc(-c4cccc(-c5cccc6c5sc5c6ccc6c(-c7ccccc7)nc7ccccc7c65)c4)n3)c2)cc1. The van der Waals surface area contributed by atoms with Gasteiger partial charge in [-0.15, -0.1) is 11.3 Å². The molecule has 11 aromatic rings. The Balaban J connectivity index is 1.08. The molecule has 0 radical (unpaired) electrons. The zero-order chi connectivity index (χ0) is 37.7. The molecule has 0 bridgehead atoms. The fourth-order valence-electron chi connectivity index (χ4n) is 7.98. The van der Waals surface area contributed by atoms with Crippen molar-refractivity contribution in [3.05, 3.63) is 194 Å². The highest BCUT2D eigenvalue weighted by Gasteiger charge is 2.19. The number of pyridine rings is 1. The highest BCUT2D eigenvalue weighted by molar-refractivity contribution is 7.27. The summed E-state index contributed by atoms with van der Waals surface area (Å²) in [6, 6.07) is 67.9. The van der Waals surface area contributed by atoms with Crippen LogP contribution < -0.4 is 0 Å². The molecule has 266 valence electrons. The van der Waals surface area contributed by atoms with Gasteiger partial charge in [-0.3, -0.25) is 0 Å². The first-order valence-electron chi connectivity index (χ1n) is 19.1. The Morgan fingerprint density at radius 1 is 0.298 bits per heavy atom. The van der Waals surface area contributed by atoms with Crippen LogP contribution in [0.2, 0.25) is 0 Å². The minimum Gasteiger partial charge on any atom is -0.247 e. The molecule has 0 atom stereocenters. The molecule has 0 saturated heterocycles. The molecule has 11 rings (SSSR count). The van der Waals surface area contributed by atoms with Crippen LogP contribution in [0.1, 0.15) is 0 Å². The molecule has 0 aliphatic heterocycles. The highest BCUT2D eigenvalue weighted by atomic mass is 32.1. The monoisotopic (exact) mass is 744 g/mol. The van der Waals surface area contributed by atoms with E-state index < -0.39 is 0 Å². The Hall–Kier alpha value is -7.34. The molecule has 0 fully saturated rings. The lowest BCUT2D eigenvalue weighted by Gasteiger charge is -2.11. The topological polar surface area (TPSA) is 51.6 Å². The first-order chi connectivity index (χ1) is 28.2. The summed E-state index contributed by atoms with van der Waals surface area (Å²) in [6.07, 6.45) is 0. The second-order valence-corrected chi connectivity index (χ2v) is 15.2. The van der Waals surface area contributed by atoms with E-state index in [0.29, 0.717) is 17.5 Å². The van der Waals surface area contributed by atoms with Crippen molar-refractivity contribution in [3.63, 3.8) is 0 Å². The minimum absolute atomic E-state index is 0.632. The zero-order valence-electron chi connectivity index (χ0n) is 30.7. The summed E-state index contributed by atoms with van der Waals surface area (Å²) in [6.45, 7) is 0. The van der Waals surface area contributed by atoms with Gasteiger partial charge < -0.3 is 0 Å². The number of rotatable bonds is 6. The summed E-state index contributed by atoms with van der Waals surface area (Å²) in [5.74, 6) is 1.91. The lowest BCUT2D eigenvalue weighted by atomic mass is 9.97. The van der Waals surface area contributed by atoms with Gasteiger partial charge in [-0.05, 0) is 40.5 Å². The van der Waals surface area contributed by atoms with E-state index >= 15 is 0 Å². The number of hydrogen-bond donors (Lipinski definition) is 0. The van der Waals surface area contributed by atoms with E-state index in [1.54, 1.807) is 0 Å². The molecule has 0 saturated carbocycles. The van der Waals surface area contributed by atoms with Gasteiger partial charge in [0, 0.05) is 58.6 Å². The normalized spacial score (nSPS) is 11.5. The Morgan fingerprint density at radius 2 is 0.789 bits per heavy atom. The van der Waals surface area contributed by atoms with Crippen molar-refractivity contribution in [3.8, 4) is 67.7 Å². The van der Waals surface area contributed by atoms with Crippen LogP contribution in [0.25, 0.3) is 110 Å². The van der Waals surface area contributed by atoms with Crippen molar-refractivity contribution >= 4 is 53.2 Å². The van der Waals surface area contributed by atoms with E-state index in [4.69, 9.17) is 19.9 Å². The number of hydrogen-bond acceptors (Lipinski definition) is 5. The third kappa shape index (κ3) is 5.84. The number of para-hydroxylation sites is 1. The standard InChI is InChI=1S/C52H32N4S/c1-4-15-33(16-5-1)36-21-12-23-38(31-36)51-54-50(35-19-8-3-9-20-35)55-52(56-51)39-24-13-22-37(32-39)40-26-14-27-41-42-29-30-44-46(49(42)57-48(40)41)43-25-10-11-28-45(43)53-47(44)34-17-6-2-7-18-34/h1-32H. The zero-order valence-corrected chi connectivity index (χ0v) is 31.5. The average molecular weight is 745 g/mol. The number of nitrogens with zero attached hydrogens (tertiary/aromatic N) is 4. The first kappa shape index (κ1) is 33.0. The lowest BCUT2D eigenvalue weighted by Crippen LogP contribution is -2.00. The lowest BCUT2D eigenvalue weighted by molar-refractivity contribution is 1.07. The van der Waals surface area contributed by atoms with Crippen molar-refractivity contribution < 1.29 is 0 Å². The maximum atomic E-state index is 5.20. The summed E-state index contributed by atoms with van der Waals surface area (Å²) in [5.41, 5.74) is 10.5. The Labute approximate surface area is 333 Å². The summed E-state index contributed by atoms with van der Waals surface area (Å²) in [7, 11) is 0. The number of benzene rings is 8. The maximum Gasteiger partial charge on any atom is 0.164 e. The van der Waals surface area contributed by atoms with Gasteiger partial charge >= 0.3 is 0 Å². The van der Waals surface area contributed by atoms with Gasteiger partial charge in [0.2, 0.25) is 0 Å². The average Bonchev–Trinajstić information content (AvgIpc) is 3.69. The van der Waals surface area contributed by atoms with Crippen LogP contribution in [0.3, 0.4) is 0 Å². The quantitative estimate of drug-likeness (QED) is 0.159. The molecule has 0 N–H and O–H groups in total. The van der Waals surface area contributed by atoms with Gasteiger partial charge in [-0.25, -0.2) is 19.9 Å². The van der Waals surface area contributed by atoms with Crippen LogP contribution in [0.15, 0.2) is 194 Å². The van der Waals surface area contributed by atoms with Crippen molar-refractivity contribution in [2.75, 3.05) is 0 Å². The predicted molar refractivity (Wildman–Crippen MR) is 238 cm³/mol. The van der Waals surface area contributed by atoms with E-state index in [1.165, 1.54) is 36.5 Å². The molecule has 0 aliphatic carbocycles. The summed E-state index contributed by atoms with van der Waals surface area (Å²) in [4.78, 5) is 20.4. The van der Waals surface area contributed by atoms with Crippen LogP contribution in [-0.4, -0.2) is 19.9 Å². The van der Waals surface area contributed by atoms with Crippen LogP contribution in [0.5, 0.6) is 0 Å². The van der Waals surface area contributed by atoms with Gasteiger partial charge in [0.05, 0.1) is 11.2 Å². The largest absolute Gasteiger partial charge is 0.247 e. The summed E-state index contributed by atoms with van der Waals surface area (Å²) in [5, 5.41) is 6.08. The fourth-order valence-corrected chi connectivity index (χ4v) is 9.38. The van der Waals surface area contributed by atoms with Crippen LogP contribution in [0.4, 0.5) is 0 Å². The summed E-state index contributed by atoms with van der Waals surface area (Å²) >= 11 is 1.86. The number of aromatic nitrogens is 4. The van der Waals surface area contributed by atoms with E-state index in [0.717, 1.165) is 55.5 Å². The van der Waals surface area contributed by atoms with Crippen molar-refractivity contribution in [1.82, 2.24) is 19.9 Å².